The molecule has 0 unspecified atom stereocenters. The molecule has 0 aliphatic heterocycles. The fourth-order valence-electron chi connectivity index (χ4n) is 16.1. The van der Waals surface area contributed by atoms with Crippen LogP contribution in [0.4, 0.5) is 34.1 Å². The molecule has 0 N–H and O–H groups in total. The van der Waals surface area contributed by atoms with E-state index in [1.165, 1.54) is 144 Å². The Balaban J connectivity index is 0.621. The van der Waals surface area contributed by atoms with Gasteiger partial charge in [0, 0.05) is 45.0 Å². The van der Waals surface area contributed by atoms with Gasteiger partial charge in [-0.1, -0.05) is 319 Å². The number of nitrogens with zero attached hydrogens (tertiary/aromatic N) is 2. The third-order valence-electron chi connectivity index (χ3n) is 21.5. The molecule has 2 aliphatic carbocycles. The topological polar surface area (TPSA) is 6.48 Å². The minimum atomic E-state index is -0.239. The lowest BCUT2D eigenvalue weighted by Crippen LogP contribution is -2.16. The zero-order chi connectivity index (χ0) is 67.1. The van der Waals surface area contributed by atoms with E-state index in [2.05, 4.69) is 402 Å². The molecule has 0 fully saturated rings. The van der Waals surface area contributed by atoms with Crippen LogP contribution < -0.4 is 9.80 Å². The molecule has 0 radical (unpaired) electrons. The Kier molecular flexibility index (Phi) is 14.6. The van der Waals surface area contributed by atoms with Gasteiger partial charge in [-0.05, 0) is 216 Å². The predicted octanol–water partition coefficient (Wildman–Crippen LogP) is 27.1. The average Bonchev–Trinajstić information content (AvgIpc) is 1.21. The first-order valence-corrected chi connectivity index (χ1v) is 34.9. The van der Waals surface area contributed by atoms with Crippen LogP contribution in [0, 0.1) is 0 Å². The highest BCUT2D eigenvalue weighted by Crippen LogP contribution is 2.54. The number of anilines is 6. The van der Waals surface area contributed by atoms with Crippen molar-refractivity contribution in [3.63, 3.8) is 0 Å². The Labute approximate surface area is 586 Å². The minimum absolute atomic E-state index is 0.239. The van der Waals surface area contributed by atoms with Crippen LogP contribution in [0.2, 0.25) is 0 Å². The van der Waals surface area contributed by atoms with E-state index in [1.807, 2.05) is 0 Å². The summed E-state index contributed by atoms with van der Waals surface area (Å²) in [6.07, 6.45) is 9.28. The summed E-state index contributed by atoms with van der Waals surface area (Å²) in [5, 5.41) is 7.65. The fourth-order valence-corrected chi connectivity index (χ4v) is 16.1. The maximum Gasteiger partial charge on any atom is 0.0465 e. The fraction of sp³-hybridized carbons (Fsp3) is 0.0612. The van der Waals surface area contributed by atoms with Gasteiger partial charge in [-0.3, -0.25) is 0 Å². The summed E-state index contributed by atoms with van der Waals surface area (Å²) >= 11 is 0. The summed E-state index contributed by atoms with van der Waals surface area (Å²) < 4.78 is 0. The zero-order valence-corrected chi connectivity index (χ0v) is 56.5. The van der Waals surface area contributed by atoms with Crippen LogP contribution in [0.25, 0.3) is 123 Å². The van der Waals surface area contributed by atoms with Crippen molar-refractivity contribution in [1.29, 1.82) is 0 Å². The third-order valence-corrected chi connectivity index (χ3v) is 21.5. The van der Waals surface area contributed by atoms with E-state index in [-0.39, 0.29) is 10.8 Å². The largest absolute Gasteiger partial charge is 0.310 e. The third kappa shape index (κ3) is 10.5. The molecule has 474 valence electrons. The number of hydrogen-bond acceptors (Lipinski definition) is 2. The summed E-state index contributed by atoms with van der Waals surface area (Å²) in [6, 6.07) is 125. The van der Waals surface area contributed by atoms with Gasteiger partial charge in [-0.15, -0.1) is 0 Å². The summed E-state index contributed by atoms with van der Waals surface area (Å²) in [5.74, 6) is 0. The van der Waals surface area contributed by atoms with Crippen LogP contribution in [0.15, 0.2) is 340 Å². The van der Waals surface area contributed by atoms with Gasteiger partial charge in [0.1, 0.15) is 0 Å². The van der Waals surface area contributed by atoms with E-state index in [1.54, 1.807) is 0 Å². The second-order valence-corrected chi connectivity index (χ2v) is 28.0. The van der Waals surface area contributed by atoms with Crippen molar-refractivity contribution in [1.82, 2.24) is 0 Å². The van der Waals surface area contributed by atoms with Gasteiger partial charge in [0.2, 0.25) is 0 Å². The molecule has 0 spiro atoms. The van der Waals surface area contributed by atoms with Crippen LogP contribution in [-0.2, 0) is 10.8 Å². The van der Waals surface area contributed by atoms with Crippen LogP contribution in [0.5, 0.6) is 0 Å². The number of fused-ring (bicyclic) bond motifs is 6. The quantitative estimate of drug-likeness (QED) is 0.0791. The highest BCUT2D eigenvalue weighted by atomic mass is 15.1. The van der Waals surface area contributed by atoms with Crippen molar-refractivity contribution >= 4 is 90.7 Å². The molecule has 0 heterocycles. The summed E-state index contributed by atoms with van der Waals surface area (Å²) in [5.41, 5.74) is 31.2. The van der Waals surface area contributed by atoms with Gasteiger partial charge in [-0.2, -0.15) is 0 Å². The Morgan fingerprint density at radius 3 is 0.790 bits per heavy atom. The molecule has 0 saturated heterocycles. The number of rotatable bonds is 14. The minimum Gasteiger partial charge on any atom is -0.310 e. The summed E-state index contributed by atoms with van der Waals surface area (Å²) in [6.45, 7) is 9.56. The molecule has 0 amide bonds. The van der Waals surface area contributed by atoms with Crippen molar-refractivity contribution in [2.75, 3.05) is 9.80 Å². The average molecular weight is 1280 g/mol. The summed E-state index contributed by atoms with van der Waals surface area (Å²) in [4.78, 5) is 4.81. The highest BCUT2D eigenvalue weighted by molar-refractivity contribution is 6.25. The monoisotopic (exact) mass is 1280 g/mol. The molecule has 16 aromatic carbocycles. The van der Waals surface area contributed by atoms with Crippen molar-refractivity contribution in [2.45, 2.75) is 38.5 Å². The molecule has 16 aromatic rings. The molecular formula is C98H72N2. The zero-order valence-electron chi connectivity index (χ0n) is 56.5. The smallest absolute Gasteiger partial charge is 0.0465 e. The lowest BCUT2D eigenvalue weighted by atomic mass is 9.81. The van der Waals surface area contributed by atoms with Crippen molar-refractivity contribution < 1.29 is 0 Å². The molecule has 2 aliphatic rings. The van der Waals surface area contributed by atoms with E-state index in [0.717, 1.165) is 34.1 Å². The first kappa shape index (κ1) is 60.1. The Morgan fingerprint density at radius 2 is 0.480 bits per heavy atom. The van der Waals surface area contributed by atoms with Gasteiger partial charge in [-0.25, -0.2) is 0 Å². The number of benzene rings is 16. The van der Waals surface area contributed by atoms with Gasteiger partial charge < -0.3 is 9.80 Å². The molecule has 0 aromatic heterocycles. The Hall–Kier alpha value is -12.4. The van der Waals surface area contributed by atoms with E-state index in [4.69, 9.17) is 0 Å². The van der Waals surface area contributed by atoms with E-state index >= 15 is 0 Å². The van der Waals surface area contributed by atoms with Crippen molar-refractivity contribution in [2.24, 2.45) is 0 Å². The maximum absolute atomic E-state index is 2.43. The van der Waals surface area contributed by atoms with E-state index < -0.39 is 0 Å². The normalized spacial score (nSPS) is 13.3. The van der Waals surface area contributed by atoms with Gasteiger partial charge in [0.05, 0.1) is 0 Å². The maximum atomic E-state index is 2.43. The highest BCUT2D eigenvalue weighted by Gasteiger charge is 2.38. The molecule has 100 heavy (non-hydrogen) atoms. The Bertz CT molecular complexity index is 5300. The first-order chi connectivity index (χ1) is 49.1. The van der Waals surface area contributed by atoms with Gasteiger partial charge >= 0.3 is 0 Å². The van der Waals surface area contributed by atoms with Crippen LogP contribution in [0.3, 0.4) is 0 Å². The molecule has 0 atom stereocenters. The van der Waals surface area contributed by atoms with E-state index in [0.29, 0.717) is 0 Å². The first-order valence-electron chi connectivity index (χ1n) is 34.9. The second-order valence-electron chi connectivity index (χ2n) is 28.0. The SMILES string of the molecule is CC1(C)c2cc(/C=C/c3ccc4ccc5c(/C=C/c6ccc7c(c6)C(C)(C)c6cc(N(c8ccc(-c9ccccc9)cc8)c8ccc(-c9ccccc9)cc8)ccc6-7)ccc6ccc3c4c65)ccc2-c2ccc(N(c3ccc(-c4ccccc4)cc3)c3ccc(-c4ccccc4)cc3)cc21. The van der Waals surface area contributed by atoms with Crippen molar-refractivity contribution in [3.8, 4) is 66.8 Å². The Morgan fingerprint density at radius 1 is 0.220 bits per heavy atom. The van der Waals surface area contributed by atoms with Crippen molar-refractivity contribution in [3.05, 3.63) is 384 Å². The molecular weight excluding hydrogens is 1210 g/mol. The predicted molar refractivity (Wildman–Crippen MR) is 427 cm³/mol. The molecule has 2 heteroatoms. The lowest BCUT2D eigenvalue weighted by Gasteiger charge is -2.28. The van der Waals surface area contributed by atoms with Crippen LogP contribution in [0.1, 0.15) is 72.2 Å². The molecule has 2 nitrogen and oxygen atoms in total. The van der Waals surface area contributed by atoms with Gasteiger partial charge in [0.15, 0.2) is 0 Å². The molecule has 0 saturated carbocycles. The molecule has 18 rings (SSSR count). The number of hydrogen-bond donors (Lipinski definition) is 0. The second kappa shape index (κ2) is 24.3. The van der Waals surface area contributed by atoms with E-state index in [9.17, 15) is 0 Å². The van der Waals surface area contributed by atoms with Crippen LogP contribution in [-0.4, -0.2) is 0 Å². The van der Waals surface area contributed by atoms with Crippen LogP contribution >= 0.6 is 0 Å². The van der Waals surface area contributed by atoms with Gasteiger partial charge in [0.25, 0.3) is 0 Å². The molecule has 0 bridgehead atoms. The summed E-state index contributed by atoms with van der Waals surface area (Å²) in [7, 11) is 0. The standard InChI is InChI=1S/C98H72N2/c1-97(2)91-61-65(27-55-87(91)89-59-53-83(63-93(89)97)99(79-45-35-71(36-46-79)67-17-9-5-10-18-67)80-47-37-72(38-48-80)68-19-11-6-12-20-68)25-29-75-31-33-77-44-58-86-76(32-34-78-43-57-85(75)95(77)96(78)86)30-26-66-28-56-88-90-60-54-84(64-94(90)98(3,4)92(88)62-66)100(81-49-39-73(40-50-81)69-21-13-7-14-22-69)82-51-41-74(42-52-82)70-23-15-8-16-24-70/h5-64H,1-4H3/b29-25+,30-26+. The lowest BCUT2D eigenvalue weighted by molar-refractivity contribution is 0.660.